The monoisotopic (exact) mass is 261 g/mol. The van der Waals surface area contributed by atoms with Gasteiger partial charge in [-0.15, -0.1) is 0 Å². The van der Waals surface area contributed by atoms with E-state index >= 15 is 0 Å². The Labute approximate surface area is 115 Å². The Hall–Kier alpha value is -1.71. The van der Waals surface area contributed by atoms with E-state index in [1.165, 1.54) is 5.56 Å². The molecule has 1 aliphatic heterocycles. The maximum atomic E-state index is 5.68. The molecule has 1 heterocycles. The van der Waals surface area contributed by atoms with Gasteiger partial charge in [-0.2, -0.15) is 0 Å². The second-order valence-corrected chi connectivity index (χ2v) is 5.23. The van der Waals surface area contributed by atoms with Crippen LogP contribution < -0.4 is 15.4 Å². The third-order valence-electron chi connectivity index (χ3n) is 3.12. The fourth-order valence-corrected chi connectivity index (χ4v) is 1.95. The molecule has 1 atom stereocenters. The molecule has 1 aromatic carbocycles. The molecule has 104 valence electrons. The molecule has 2 N–H and O–H groups in total. The van der Waals surface area contributed by atoms with Crippen LogP contribution in [0.25, 0.3) is 0 Å². The number of guanidine groups is 1. The van der Waals surface area contributed by atoms with Crippen LogP contribution >= 0.6 is 0 Å². The number of benzene rings is 1. The number of hydrogen-bond donors (Lipinski definition) is 2. The van der Waals surface area contributed by atoms with E-state index in [-0.39, 0.29) is 0 Å². The summed E-state index contributed by atoms with van der Waals surface area (Å²) in [6, 6.07) is 8.74. The largest absolute Gasteiger partial charge is 0.492 e. The Morgan fingerprint density at radius 2 is 2.11 bits per heavy atom. The van der Waals surface area contributed by atoms with Gasteiger partial charge in [-0.3, -0.25) is 4.99 Å². The Morgan fingerprint density at radius 3 is 2.68 bits per heavy atom. The molecule has 0 fully saturated rings. The van der Waals surface area contributed by atoms with Gasteiger partial charge in [-0.05, 0) is 30.5 Å². The lowest BCUT2D eigenvalue weighted by atomic mass is 10.0. The molecule has 0 saturated carbocycles. The van der Waals surface area contributed by atoms with Crippen LogP contribution in [0.4, 0.5) is 0 Å². The average molecular weight is 261 g/mol. The van der Waals surface area contributed by atoms with Crippen LogP contribution in [0, 0.1) is 0 Å². The first-order chi connectivity index (χ1) is 9.15. The van der Waals surface area contributed by atoms with Crippen LogP contribution in [-0.2, 0) is 0 Å². The van der Waals surface area contributed by atoms with Crippen molar-refractivity contribution in [2.24, 2.45) is 4.99 Å². The van der Waals surface area contributed by atoms with Crippen molar-refractivity contribution in [2.45, 2.75) is 32.7 Å². The van der Waals surface area contributed by atoms with Crippen LogP contribution in [0.5, 0.6) is 5.75 Å². The lowest BCUT2D eigenvalue weighted by Crippen LogP contribution is -2.39. The van der Waals surface area contributed by atoms with Gasteiger partial charge in [-0.1, -0.05) is 26.0 Å². The van der Waals surface area contributed by atoms with E-state index in [0.29, 0.717) is 18.6 Å². The molecule has 0 radical (unpaired) electrons. The molecule has 2 rings (SSSR count). The molecule has 0 bridgehead atoms. The van der Waals surface area contributed by atoms with Crippen LogP contribution in [0.2, 0.25) is 0 Å². The number of ether oxygens (including phenoxy) is 1. The van der Waals surface area contributed by atoms with Crippen LogP contribution in [0.3, 0.4) is 0 Å². The van der Waals surface area contributed by atoms with Crippen molar-refractivity contribution in [1.29, 1.82) is 0 Å². The topological polar surface area (TPSA) is 45.7 Å². The van der Waals surface area contributed by atoms with E-state index in [1.54, 1.807) is 0 Å². The summed E-state index contributed by atoms with van der Waals surface area (Å²) in [4.78, 5) is 4.33. The van der Waals surface area contributed by atoms with Crippen LogP contribution in [-0.4, -0.2) is 31.7 Å². The quantitative estimate of drug-likeness (QED) is 0.798. The normalized spacial score (nSPS) is 18.1. The first-order valence-corrected chi connectivity index (χ1v) is 6.93. The van der Waals surface area contributed by atoms with Gasteiger partial charge >= 0.3 is 0 Å². The summed E-state index contributed by atoms with van der Waals surface area (Å²) in [5, 5.41) is 6.48. The Balaban J connectivity index is 1.68. The Kier molecular flexibility index (Phi) is 4.66. The zero-order valence-electron chi connectivity index (χ0n) is 11.9. The smallest absolute Gasteiger partial charge is 0.191 e. The first kappa shape index (κ1) is 13.7. The minimum Gasteiger partial charge on any atom is -0.492 e. The van der Waals surface area contributed by atoms with Crippen LogP contribution in [0.1, 0.15) is 32.3 Å². The molecule has 19 heavy (non-hydrogen) atoms. The SMILES string of the molecule is CC1CN=C(NCCOc2ccc(C(C)C)cc2)N1. The first-order valence-electron chi connectivity index (χ1n) is 6.93. The highest BCUT2D eigenvalue weighted by molar-refractivity contribution is 5.81. The molecule has 0 aromatic heterocycles. The molecule has 1 aromatic rings. The molecule has 0 spiro atoms. The van der Waals surface area contributed by atoms with E-state index in [9.17, 15) is 0 Å². The summed E-state index contributed by atoms with van der Waals surface area (Å²) in [5.41, 5.74) is 1.34. The van der Waals surface area contributed by atoms with Crippen molar-refractivity contribution >= 4 is 5.96 Å². The van der Waals surface area contributed by atoms with Crippen molar-refractivity contribution in [3.8, 4) is 5.75 Å². The van der Waals surface area contributed by atoms with Gasteiger partial charge in [-0.25, -0.2) is 0 Å². The van der Waals surface area contributed by atoms with Crippen molar-refractivity contribution in [3.63, 3.8) is 0 Å². The zero-order valence-corrected chi connectivity index (χ0v) is 11.9. The van der Waals surface area contributed by atoms with Gasteiger partial charge in [0.2, 0.25) is 0 Å². The van der Waals surface area contributed by atoms with Gasteiger partial charge in [0.25, 0.3) is 0 Å². The summed E-state index contributed by atoms with van der Waals surface area (Å²) in [7, 11) is 0. The second kappa shape index (κ2) is 6.45. The summed E-state index contributed by atoms with van der Waals surface area (Å²) < 4.78 is 5.68. The predicted octanol–water partition coefficient (Wildman–Crippen LogP) is 2.13. The Bertz CT molecular complexity index is 426. The van der Waals surface area contributed by atoms with Gasteiger partial charge in [0.15, 0.2) is 5.96 Å². The van der Waals surface area contributed by atoms with E-state index in [4.69, 9.17) is 4.74 Å². The number of aliphatic imine (C=N–C) groups is 1. The summed E-state index contributed by atoms with van der Waals surface area (Å²) in [6.45, 7) is 8.73. The average Bonchev–Trinajstić information content (AvgIpc) is 2.81. The standard InChI is InChI=1S/C15H23N3O/c1-11(2)13-4-6-14(7-5-13)19-9-8-16-15-17-10-12(3)18-15/h4-7,11-12H,8-10H2,1-3H3,(H2,16,17,18). The number of nitrogens with one attached hydrogen (secondary N) is 2. The highest BCUT2D eigenvalue weighted by Crippen LogP contribution is 2.18. The van der Waals surface area contributed by atoms with Gasteiger partial charge < -0.3 is 15.4 Å². The van der Waals surface area contributed by atoms with Gasteiger partial charge in [0, 0.05) is 6.04 Å². The molecule has 4 heteroatoms. The minimum atomic E-state index is 0.437. The van der Waals surface area contributed by atoms with Gasteiger partial charge in [0.05, 0.1) is 13.1 Å². The number of nitrogens with zero attached hydrogens (tertiary/aromatic N) is 1. The van der Waals surface area contributed by atoms with Crippen molar-refractivity contribution in [2.75, 3.05) is 19.7 Å². The molecular weight excluding hydrogens is 238 g/mol. The lowest BCUT2D eigenvalue weighted by molar-refractivity contribution is 0.322. The van der Waals surface area contributed by atoms with Crippen molar-refractivity contribution < 1.29 is 4.74 Å². The van der Waals surface area contributed by atoms with E-state index < -0.39 is 0 Å². The maximum absolute atomic E-state index is 5.68. The third-order valence-corrected chi connectivity index (χ3v) is 3.12. The molecule has 4 nitrogen and oxygen atoms in total. The Morgan fingerprint density at radius 1 is 1.37 bits per heavy atom. The van der Waals surface area contributed by atoms with Crippen molar-refractivity contribution in [3.05, 3.63) is 29.8 Å². The van der Waals surface area contributed by atoms with E-state index in [2.05, 4.69) is 48.5 Å². The highest BCUT2D eigenvalue weighted by atomic mass is 16.5. The molecule has 0 saturated heterocycles. The molecule has 1 aliphatic rings. The van der Waals surface area contributed by atoms with Crippen LogP contribution in [0.15, 0.2) is 29.3 Å². The fraction of sp³-hybridized carbons (Fsp3) is 0.533. The maximum Gasteiger partial charge on any atom is 0.191 e. The molecule has 1 unspecified atom stereocenters. The molecule has 0 aliphatic carbocycles. The summed E-state index contributed by atoms with van der Waals surface area (Å²) >= 11 is 0. The lowest BCUT2D eigenvalue weighted by Gasteiger charge is -2.11. The number of rotatable bonds is 5. The molecular formula is C15H23N3O. The summed E-state index contributed by atoms with van der Waals surface area (Å²) in [5.74, 6) is 2.36. The number of hydrogen-bond acceptors (Lipinski definition) is 4. The summed E-state index contributed by atoms with van der Waals surface area (Å²) in [6.07, 6.45) is 0. The second-order valence-electron chi connectivity index (χ2n) is 5.23. The third kappa shape index (κ3) is 4.16. The van der Waals surface area contributed by atoms with Crippen molar-refractivity contribution in [1.82, 2.24) is 10.6 Å². The highest BCUT2D eigenvalue weighted by Gasteiger charge is 2.10. The molecule has 0 amide bonds. The predicted molar refractivity (Wildman–Crippen MR) is 78.9 cm³/mol. The zero-order chi connectivity index (χ0) is 13.7. The minimum absolute atomic E-state index is 0.437. The fourth-order valence-electron chi connectivity index (χ4n) is 1.95. The van der Waals surface area contributed by atoms with Gasteiger partial charge in [0.1, 0.15) is 12.4 Å². The van der Waals surface area contributed by atoms with E-state index in [0.717, 1.165) is 24.8 Å². The van der Waals surface area contributed by atoms with E-state index in [1.807, 2.05) is 12.1 Å².